The first-order valence-corrected chi connectivity index (χ1v) is 5.91. The van der Waals surface area contributed by atoms with Gasteiger partial charge in [0.05, 0.1) is 19.0 Å². The molecule has 5 heteroatoms. The van der Waals surface area contributed by atoms with Gasteiger partial charge in [0.1, 0.15) is 0 Å². The normalized spacial score (nSPS) is 10.0. The number of hydrogen-bond acceptors (Lipinski definition) is 4. The van der Waals surface area contributed by atoms with Gasteiger partial charge in [0, 0.05) is 29.0 Å². The standard InChI is InChI=1S/C12H12BrN3O/c1-17-12-9(3-2-4-15-12)6-16-11-5-10(13)7-14-8-11/h2-5,7-8,16H,6H2,1H3. The molecule has 0 bridgehead atoms. The van der Waals surface area contributed by atoms with Crippen LogP contribution < -0.4 is 10.1 Å². The highest BCUT2D eigenvalue weighted by molar-refractivity contribution is 9.10. The van der Waals surface area contributed by atoms with E-state index >= 15 is 0 Å². The number of hydrogen-bond donors (Lipinski definition) is 1. The molecule has 2 aromatic rings. The van der Waals surface area contributed by atoms with E-state index in [-0.39, 0.29) is 0 Å². The lowest BCUT2D eigenvalue weighted by molar-refractivity contribution is 0.393. The summed E-state index contributed by atoms with van der Waals surface area (Å²) in [4.78, 5) is 8.22. The number of ether oxygens (including phenoxy) is 1. The molecule has 0 radical (unpaired) electrons. The van der Waals surface area contributed by atoms with Gasteiger partial charge in [0.25, 0.3) is 0 Å². The monoisotopic (exact) mass is 293 g/mol. The maximum absolute atomic E-state index is 5.18. The SMILES string of the molecule is COc1ncccc1CNc1cncc(Br)c1. The van der Waals surface area contributed by atoms with Gasteiger partial charge in [-0.25, -0.2) is 4.98 Å². The Labute approximate surface area is 108 Å². The highest BCUT2D eigenvalue weighted by atomic mass is 79.9. The Kier molecular flexibility index (Phi) is 3.93. The van der Waals surface area contributed by atoms with E-state index in [1.807, 2.05) is 18.2 Å². The molecule has 4 nitrogen and oxygen atoms in total. The van der Waals surface area contributed by atoms with E-state index < -0.39 is 0 Å². The van der Waals surface area contributed by atoms with Crippen molar-refractivity contribution in [2.75, 3.05) is 12.4 Å². The minimum atomic E-state index is 0.642. The van der Waals surface area contributed by atoms with Gasteiger partial charge in [-0.3, -0.25) is 4.98 Å². The number of halogens is 1. The summed E-state index contributed by atoms with van der Waals surface area (Å²) < 4.78 is 6.13. The van der Waals surface area contributed by atoms with Crippen LogP contribution in [-0.2, 0) is 6.54 Å². The van der Waals surface area contributed by atoms with Crippen molar-refractivity contribution in [3.63, 3.8) is 0 Å². The second kappa shape index (κ2) is 5.63. The second-order valence-electron chi connectivity index (χ2n) is 3.42. The minimum absolute atomic E-state index is 0.642. The molecule has 2 aromatic heterocycles. The first kappa shape index (κ1) is 11.9. The number of anilines is 1. The fourth-order valence-electron chi connectivity index (χ4n) is 1.45. The van der Waals surface area contributed by atoms with Crippen LogP contribution >= 0.6 is 15.9 Å². The van der Waals surface area contributed by atoms with Crippen molar-refractivity contribution in [1.29, 1.82) is 0 Å². The van der Waals surface area contributed by atoms with Crippen LogP contribution in [-0.4, -0.2) is 17.1 Å². The third-order valence-electron chi connectivity index (χ3n) is 2.23. The van der Waals surface area contributed by atoms with Gasteiger partial charge in [0.2, 0.25) is 5.88 Å². The second-order valence-corrected chi connectivity index (χ2v) is 4.33. The van der Waals surface area contributed by atoms with Gasteiger partial charge in [0.15, 0.2) is 0 Å². The molecule has 88 valence electrons. The summed E-state index contributed by atoms with van der Waals surface area (Å²) in [6.45, 7) is 0.648. The van der Waals surface area contributed by atoms with Gasteiger partial charge in [-0.2, -0.15) is 0 Å². The zero-order valence-electron chi connectivity index (χ0n) is 9.35. The lowest BCUT2D eigenvalue weighted by atomic mass is 10.2. The van der Waals surface area contributed by atoms with Gasteiger partial charge in [-0.15, -0.1) is 0 Å². The van der Waals surface area contributed by atoms with E-state index in [2.05, 4.69) is 31.2 Å². The topological polar surface area (TPSA) is 47.0 Å². The van der Waals surface area contributed by atoms with E-state index in [1.165, 1.54) is 0 Å². The average molecular weight is 294 g/mol. The highest BCUT2D eigenvalue weighted by Gasteiger charge is 2.02. The van der Waals surface area contributed by atoms with Crippen molar-refractivity contribution in [1.82, 2.24) is 9.97 Å². The van der Waals surface area contributed by atoms with Gasteiger partial charge in [-0.05, 0) is 28.1 Å². The van der Waals surface area contributed by atoms with Crippen LogP contribution in [0.2, 0.25) is 0 Å². The Morgan fingerprint density at radius 3 is 3.06 bits per heavy atom. The molecule has 0 atom stereocenters. The zero-order chi connectivity index (χ0) is 12.1. The molecule has 0 aliphatic rings. The number of pyridine rings is 2. The van der Waals surface area contributed by atoms with Crippen LogP contribution in [0.1, 0.15) is 5.56 Å². The molecule has 2 rings (SSSR count). The molecule has 0 saturated carbocycles. The minimum Gasteiger partial charge on any atom is -0.481 e. The lowest BCUT2D eigenvalue weighted by Gasteiger charge is -2.09. The molecule has 0 spiro atoms. The van der Waals surface area contributed by atoms with Crippen molar-refractivity contribution in [2.45, 2.75) is 6.54 Å². The lowest BCUT2D eigenvalue weighted by Crippen LogP contribution is -2.02. The summed E-state index contributed by atoms with van der Waals surface area (Å²) in [6, 6.07) is 5.83. The Morgan fingerprint density at radius 2 is 2.29 bits per heavy atom. The van der Waals surface area contributed by atoms with Crippen LogP contribution in [0.4, 0.5) is 5.69 Å². The van der Waals surface area contributed by atoms with E-state index in [9.17, 15) is 0 Å². The van der Waals surface area contributed by atoms with Gasteiger partial charge >= 0.3 is 0 Å². The van der Waals surface area contributed by atoms with E-state index in [1.54, 1.807) is 25.7 Å². The van der Waals surface area contributed by atoms with Crippen molar-refractivity contribution in [3.05, 3.63) is 46.8 Å². The van der Waals surface area contributed by atoms with Crippen molar-refractivity contribution in [3.8, 4) is 5.88 Å². The van der Waals surface area contributed by atoms with Crippen LogP contribution in [0.25, 0.3) is 0 Å². The third-order valence-corrected chi connectivity index (χ3v) is 2.66. The van der Waals surface area contributed by atoms with Crippen molar-refractivity contribution in [2.24, 2.45) is 0 Å². The molecule has 0 unspecified atom stereocenters. The molecular weight excluding hydrogens is 282 g/mol. The fraction of sp³-hybridized carbons (Fsp3) is 0.167. The average Bonchev–Trinajstić information content (AvgIpc) is 2.37. The molecule has 0 aliphatic heterocycles. The van der Waals surface area contributed by atoms with E-state index in [0.29, 0.717) is 12.4 Å². The molecule has 0 saturated heterocycles. The Balaban J connectivity index is 2.07. The molecule has 2 heterocycles. The smallest absolute Gasteiger partial charge is 0.218 e. The summed E-state index contributed by atoms with van der Waals surface area (Å²) in [6.07, 6.45) is 5.23. The van der Waals surface area contributed by atoms with Crippen LogP contribution in [0, 0.1) is 0 Å². The van der Waals surface area contributed by atoms with Crippen molar-refractivity contribution < 1.29 is 4.74 Å². The van der Waals surface area contributed by atoms with Crippen LogP contribution in [0.5, 0.6) is 5.88 Å². The number of rotatable bonds is 4. The number of methoxy groups -OCH3 is 1. The first-order valence-electron chi connectivity index (χ1n) is 5.12. The predicted molar refractivity (Wildman–Crippen MR) is 70.1 cm³/mol. The van der Waals surface area contributed by atoms with Crippen molar-refractivity contribution >= 4 is 21.6 Å². The summed E-state index contributed by atoms with van der Waals surface area (Å²) in [5.74, 6) is 0.642. The fourth-order valence-corrected chi connectivity index (χ4v) is 1.81. The zero-order valence-corrected chi connectivity index (χ0v) is 10.9. The third kappa shape index (κ3) is 3.17. The highest BCUT2D eigenvalue weighted by Crippen LogP contribution is 2.17. The summed E-state index contributed by atoms with van der Waals surface area (Å²) in [5, 5.41) is 3.26. The van der Waals surface area contributed by atoms with Crippen LogP contribution in [0.15, 0.2) is 41.3 Å². The van der Waals surface area contributed by atoms with E-state index in [0.717, 1.165) is 15.7 Å². The molecule has 17 heavy (non-hydrogen) atoms. The predicted octanol–water partition coefficient (Wildman–Crippen LogP) is 2.86. The molecular formula is C12H12BrN3O. The van der Waals surface area contributed by atoms with Crippen LogP contribution in [0.3, 0.4) is 0 Å². The Bertz CT molecular complexity index is 505. The number of nitrogens with one attached hydrogen (secondary N) is 1. The molecule has 0 aliphatic carbocycles. The number of nitrogens with zero attached hydrogens (tertiary/aromatic N) is 2. The first-order chi connectivity index (χ1) is 8.29. The summed E-state index contributed by atoms with van der Waals surface area (Å²) in [5.41, 5.74) is 1.96. The molecule has 0 aromatic carbocycles. The Hall–Kier alpha value is -1.62. The Morgan fingerprint density at radius 1 is 1.41 bits per heavy atom. The van der Waals surface area contributed by atoms with E-state index in [4.69, 9.17) is 4.74 Å². The maximum Gasteiger partial charge on any atom is 0.218 e. The molecule has 1 N–H and O–H groups in total. The molecule has 0 fully saturated rings. The van der Waals surface area contributed by atoms with Gasteiger partial charge in [-0.1, -0.05) is 6.07 Å². The maximum atomic E-state index is 5.18. The molecule has 0 amide bonds. The summed E-state index contributed by atoms with van der Waals surface area (Å²) in [7, 11) is 1.62. The largest absolute Gasteiger partial charge is 0.481 e. The number of aromatic nitrogens is 2. The summed E-state index contributed by atoms with van der Waals surface area (Å²) >= 11 is 3.38. The quantitative estimate of drug-likeness (QED) is 0.942. The van der Waals surface area contributed by atoms with Gasteiger partial charge < -0.3 is 10.1 Å².